The van der Waals surface area contributed by atoms with Gasteiger partial charge in [-0.1, -0.05) is 12.1 Å². The van der Waals surface area contributed by atoms with E-state index in [-0.39, 0.29) is 5.95 Å². The fourth-order valence-electron chi connectivity index (χ4n) is 4.00. The predicted octanol–water partition coefficient (Wildman–Crippen LogP) is 2.96. The topological polar surface area (TPSA) is 110 Å². The Morgan fingerprint density at radius 1 is 1.16 bits per heavy atom. The Labute approximate surface area is 182 Å². The molecule has 0 amide bonds. The molecule has 1 aliphatic rings. The summed E-state index contributed by atoms with van der Waals surface area (Å²) in [5.74, 6) is 0.452. The van der Waals surface area contributed by atoms with Gasteiger partial charge in [0.2, 0.25) is 17.7 Å². The highest BCUT2D eigenvalue weighted by Crippen LogP contribution is 2.22. The Bertz CT molecular complexity index is 1230. The highest BCUT2D eigenvalue weighted by Gasteiger charge is 2.22. The van der Waals surface area contributed by atoms with Crippen LogP contribution in [-0.4, -0.2) is 49.1 Å². The largest absolute Gasteiger partial charge is 0.461 e. The van der Waals surface area contributed by atoms with Crippen molar-refractivity contribution in [3.63, 3.8) is 0 Å². The van der Waals surface area contributed by atoms with Gasteiger partial charge < -0.3 is 15.5 Å². The zero-order chi connectivity index (χ0) is 22.1. The van der Waals surface area contributed by atoms with Gasteiger partial charge >= 0.3 is 0 Å². The van der Waals surface area contributed by atoms with E-state index in [1.165, 1.54) is 10.6 Å². The van der Waals surface area contributed by atoms with Gasteiger partial charge in [-0.05, 0) is 43.5 Å². The van der Waals surface area contributed by atoms with Crippen molar-refractivity contribution >= 4 is 17.7 Å². The summed E-state index contributed by atoms with van der Waals surface area (Å²) in [6.45, 7) is 2.60. The summed E-state index contributed by atoms with van der Waals surface area (Å²) in [4.78, 5) is 15.2. The second kappa shape index (κ2) is 8.50. The Morgan fingerprint density at radius 2 is 2.06 bits per heavy atom. The lowest BCUT2D eigenvalue weighted by Crippen LogP contribution is -2.38. The number of rotatable bonds is 6. The molecular formula is C21H22F2N8O. The van der Waals surface area contributed by atoms with Crippen LogP contribution < -0.4 is 11.1 Å². The van der Waals surface area contributed by atoms with Crippen molar-refractivity contribution in [1.82, 2.24) is 29.5 Å². The van der Waals surface area contributed by atoms with E-state index < -0.39 is 11.6 Å². The molecular weight excluding hydrogens is 418 g/mol. The monoisotopic (exact) mass is 440 g/mol. The van der Waals surface area contributed by atoms with Crippen LogP contribution in [0.5, 0.6) is 0 Å². The van der Waals surface area contributed by atoms with Crippen LogP contribution in [-0.2, 0) is 6.54 Å². The maximum atomic E-state index is 14.0. The fraction of sp³-hybridized carbons (Fsp3) is 0.333. The lowest BCUT2D eigenvalue weighted by Gasteiger charge is -2.32. The molecule has 166 valence electrons. The molecule has 11 heteroatoms. The first kappa shape index (κ1) is 20.3. The lowest BCUT2D eigenvalue weighted by atomic mass is 9.97. The maximum absolute atomic E-state index is 14.0. The van der Waals surface area contributed by atoms with Crippen molar-refractivity contribution in [2.45, 2.75) is 19.4 Å². The third kappa shape index (κ3) is 4.11. The Balaban J connectivity index is 1.24. The fourth-order valence-corrected chi connectivity index (χ4v) is 4.00. The van der Waals surface area contributed by atoms with Crippen molar-refractivity contribution in [3.05, 3.63) is 53.8 Å². The number of fused-ring (bicyclic) bond motifs is 1. The zero-order valence-electron chi connectivity index (χ0n) is 17.2. The highest BCUT2D eigenvalue weighted by molar-refractivity contribution is 5.52. The summed E-state index contributed by atoms with van der Waals surface area (Å²) in [6, 6.07) is 7.80. The number of nitrogens with zero attached hydrogens (tertiary/aromatic N) is 6. The number of hydrogen-bond donors (Lipinski definition) is 2. The average Bonchev–Trinajstić information content (AvgIpc) is 3.46. The van der Waals surface area contributed by atoms with Gasteiger partial charge in [0.1, 0.15) is 0 Å². The molecule has 0 aliphatic carbocycles. The van der Waals surface area contributed by atoms with Crippen LogP contribution >= 0.6 is 0 Å². The van der Waals surface area contributed by atoms with E-state index in [4.69, 9.17) is 10.2 Å². The summed E-state index contributed by atoms with van der Waals surface area (Å²) in [5.41, 5.74) is 6.41. The van der Waals surface area contributed by atoms with E-state index >= 15 is 0 Å². The number of furan rings is 1. The predicted molar refractivity (Wildman–Crippen MR) is 114 cm³/mol. The molecule has 5 rings (SSSR count). The second-order valence-corrected chi connectivity index (χ2v) is 7.87. The number of aromatic nitrogens is 5. The van der Waals surface area contributed by atoms with Gasteiger partial charge in [0.05, 0.1) is 6.26 Å². The first-order valence-corrected chi connectivity index (χ1v) is 10.4. The molecule has 1 aromatic carbocycles. The van der Waals surface area contributed by atoms with Gasteiger partial charge in [0.25, 0.3) is 5.78 Å². The number of likely N-dealkylation sites (tertiary alicyclic amines) is 1. The molecule has 1 fully saturated rings. The lowest BCUT2D eigenvalue weighted by molar-refractivity contribution is 0.171. The van der Waals surface area contributed by atoms with Gasteiger partial charge in [-0.25, -0.2) is 8.78 Å². The highest BCUT2D eigenvalue weighted by atomic mass is 19.2. The molecule has 3 N–H and O–H groups in total. The first-order chi connectivity index (χ1) is 15.6. The number of hydrogen-bond acceptors (Lipinski definition) is 8. The minimum absolute atomic E-state index is 0.162. The van der Waals surface area contributed by atoms with Gasteiger partial charge in [0.15, 0.2) is 17.4 Å². The third-order valence-electron chi connectivity index (χ3n) is 5.55. The Hall–Kier alpha value is -3.60. The van der Waals surface area contributed by atoms with Crippen LogP contribution in [0.4, 0.5) is 20.7 Å². The molecule has 1 aliphatic heterocycles. The van der Waals surface area contributed by atoms with Gasteiger partial charge in [-0.15, -0.1) is 5.10 Å². The summed E-state index contributed by atoms with van der Waals surface area (Å²) >= 11 is 0. The first-order valence-electron chi connectivity index (χ1n) is 10.4. The van der Waals surface area contributed by atoms with Crippen molar-refractivity contribution < 1.29 is 13.2 Å². The zero-order valence-corrected chi connectivity index (χ0v) is 17.2. The molecule has 1 saturated heterocycles. The van der Waals surface area contributed by atoms with E-state index in [1.54, 1.807) is 24.5 Å². The van der Waals surface area contributed by atoms with Gasteiger partial charge in [-0.2, -0.15) is 19.5 Å². The van der Waals surface area contributed by atoms with Crippen LogP contribution in [0.15, 0.2) is 41.0 Å². The second-order valence-electron chi connectivity index (χ2n) is 7.87. The summed E-state index contributed by atoms with van der Waals surface area (Å²) in [7, 11) is 0. The number of piperidine rings is 1. The number of benzene rings is 1. The van der Waals surface area contributed by atoms with Crippen LogP contribution in [0.25, 0.3) is 17.4 Å². The molecule has 4 aromatic rings. The van der Waals surface area contributed by atoms with Crippen molar-refractivity contribution in [1.29, 1.82) is 0 Å². The third-order valence-corrected chi connectivity index (χ3v) is 5.55. The summed E-state index contributed by atoms with van der Waals surface area (Å²) in [5, 5.41) is 7.51. The standard InChI is InChI=1S/C21H22F2N8O/c22-15-6-1-5-14(17(15)23)12-30-8-2-4-13(11-30)10-25-20-27-19(24)31-21(28-20)26-18(29-31)16-7-3-9-32-16/h1,3,5-7,9,13H,2,4,8,10-12H2,(H3,24,25,26,27,28,29). The van der Waals surface area contributed by atoms with Crippen LogP contribution in [0.2, 0.25) is 0 Å². The molecule has 0 radical (unpaired) electrons. The van der Waals surface area contributed by atoms with E-state index in [0.717, 1.165) is 32.0 Å². The van der Waals surface area contributed by atoms with Crippen LogP contribution in [0.3, 0.4) is 0 Å². The van der Waals surface area contributed by atoms with Crippen LogP contribution in [0.1, 0.15) is 18.4 Å². The summed E-state index contributed by atoms with van der Waals surface area (Å²) < 4.78 is 34.2. The molecule has 0 bridgehead atoms. The molecule has 32 heavy (non-hydrogen) atoms. The molecule has 1 unspecified atom stereocenters. The van der Waals surface area contributed by atoms with E-state index in [0.29, 0.717) is 47.9 Å². The number of nitrogen functional groups attached to an aromatic ring is 1. The minimum atomic E-state index is -0.813. The van der Waals surface area contributed by atoms with Gasteiger partial charge in [-0.3, -0.25) is 4.90 Å². The normalized spacial score (nSPS) is 17.1. The molecule has 3 aromatic heterocycles. The van der Waals surface area contributed by atoms with E-state index in [9.17, 15) is 8.78 Å². The molecule has 0 saturated carbocycles. The number of anilines is 2. The SMILES string of the molecule is Nc1nc(NCC2CCCN(Cc3cccc(F)c3F)C2)nc2nc(-c3ccco3)nn12. The molecule has 0 spiro atoms. The smallest absolute Gasteiger partial charge is 0.259 e. The van der Waals surface area contributed by atoms with Crippen molar-refractivity contribution in [2.24, 2.45) is 5.92 Å². The summed E-state index contributed by atoms with van der Waals surface area (Å²) in [6.07, 6.45) is 3.53. The minimum Gasteiger partial charge on any atom is -0.461 e. The number of nitrogens with one attached hydrogen (secondary N) is 1. The number of nitrogens with two attached hydrogens (primary N) is 1. The quantitative estimate of drug-likeness (QED) is 0.471. The number of halogens is 2. The van der Waals surface area contributed by atoms with Gasteiger partial charge in [0, 0.05) is 25.2 Å². The maximum Gasteiger partial charge on any atom is 0.259 e. The van der Waals surface area contributed by atoms with Crippen molar-refractivity contribution in [2.75, 3.05) is 30.7 Å². The van der Waals surface area contributed by atoms with E-state index in [1.807, 2.05) is 0 Å². The molecule has 1 atom stereocenters. The average molecular weight is 440 g/mol. The Morgan fingerprint density at radius 3 is 2.91 bits per heavy atom. The molecule has 4 heterocycles. The van der Waals surface area contributed by atoms with Crippen LogP contribution in [0, 0.1) is 17.6 Å². The van der Waals surface area contributed by atoms with Crippen molar-refractivity contribution in [3.8, 4) is 11.6 Å². The Kier molecular flexibility index (Phi) is 5.39. The molecule has 9 nitrogen and oxygen atoms in total. The van der Waals surface area contributed by atoms with E-state index in [2.05, 4.69) is 30.3 Å².